The van der Waals surface area contributed by atoms with Crippen LogP contribution < -0.4 is 10.6 Å². The second kappa shape index (κ2) is 12.4. The second-order valence-electron chi connectivity index (χ2n) is 4.16. The van der Waals surface area contributed by atoms with E-state index in [-0.39, 0.29) is 0 Å². The summed E-state index contributed by atoms with van der Waals surface area (Å²) in [4.78, 5) is 6.98. The van der Waals surface area contributed by atoms with Crippen molar-refractivity contribution in [1.82, 2.24) is 15.5 Å². The molecule has 4 nitrogen and oxygen atoms in total. The van der Waals surface area contributed by atoms with Gasteiger partial charge < -0.3 is 15.5 Å². The number of aliphatic imine (C=N–C) groups is 1. The van der Waals surface area contributed by atoms with Crippen LogP contribution in [0.25, 0.3) is 0 Å². The van der Waals surface area contributed by atoms with Gasteiger partial charge in [0.25, 0.3) is 0 Å². The van der Waals surface area contributed by atoms with Gasteiger partial charge in [0, 0.05) is 19.6 Å². The molecule has 0 atom stereocenters. The quantitative estimate of drug-likeness (QED) is 0.270. The Morgan fingerprint density at radius 1 is 1.17 bits per heavy atom. The minimum atomic E-state index is 0.755. The van der Waals surface area contributed by atoms with Crippen LogP contribution in [0.3, 0.4) is 0 Å². The summed E-state index contributed by atoms with van der Waals surface area (Å²) in [5, 5.41) is 6.42. The molecule has 0 unspecified atom stereocenters. The van der Waals surface area contributed by atoms with Crippen LogP contribution >= 0.6 is 0 Å². The first-order chi connectivity index (χ1) is 8.78. The zero-order valence-corrected chi connectivity index (χ0v) is 12.3. The Bertz CT molecular complexity index is 222. The van der Waals surface area contributed by atoms with Crippen LogP contribution in [0.5, 0.6) is 0 Å². The Kier molecular flexibility index (Phi) is 11.7. The highest BCUT2D eigenvalue weighted by Gasteiger charge is 1.98. The van der Waals surface area contributed by atoms with Gasteiger partial charge >= 0.3 is 0 Å². The Balaban J connectivity index is 3.77. The molecule has 4 heteroatoms. The van der Waals surface area contributed by atoms with Crippen molar-refractivity contribution < 1.29 is 0 Å². The van der Waals surface area contributed by atoms with Gasteiger partial charge in [0.05, 0.1) is 0 Å². The highest BCUT2D eigenvalue weighted by atomic mass is 15.2. The minimum absolute atomic E-state index is 0.755. The zero-order valence-electron chi connectivity index (χ0n) is 12.3. The first kappa shape index (κ1) is 17.0. The van der Waals surface area contributed by atoms with Crippen molar-refractivity contribution >= 4 is 5.96 Å². The summed E-state index contributed by atoms with van der Waals surface area (Å²) in [6, 6.07) is 0. The number of nitrogens with one attached hydrogen (secondary N) is 2. The molecule has 0 amide bonds. The van der Waals surface area contributed by atoms with Crippen molar-refractivity contribution in [2.75, 3.05) is 39.3 Å². The number of hydrogen-bond donors (Lipinski definition) is 2. The summed E-state index contributed by atoms with van der Waals surface area (Å²) < 4.78 is 0. The molecule has 0 fully saturated rings. The summed E-state index contributed by atoms with van der Waals surface area (Å²) >= 11 is 0. The summed E-state index contributed by atoms with van der Waals surface area (Å²) in [7, 11) is 0. The van der Waals surface area contributed by atoms with Crippen molar-refractivity contribution in [2.45, 2.75) is 33.6 Å². The normalized spacial score (nSPS) is 11.7. The van der Waals surface area contributed by atoms with Gasteiger partial charge in [-0.05, 0) is 39.4 Å². The average Bonchev–Trinajstić information content (AvgIpc) is 2.40. The molecular formula is C14H30N4. The van der Waals surface area contributed by atoms with Gasteiger partial charge in [-0.1, -0.05) is 19.9 Å². The Morgan fingerprint density at radius 3 is 2.44 bits per heavy atom. The van der Waals surface area contributed by atoms with Crippen LogP contribution in [-0.4, -0.2) is 50.1 Å². The average molecular weight is 254 g/mol. The summed E-state index contributed by atoms with van der Waals surface area (Å²) in [5.74, 6) is 0.889. The van der Waals surface area contributed by atoms with E-state index in [0.29, 0.717) is 0 Å². The van der Waals surface area contributed by atoms with Crippen molar-refractivity contribution in [3.8, 4) is 0 Å². The SMILES string of the molecule is C=CCNC(=NCCCCN(CC)CC)NCC. The Hall–Kier alpha value is -1.03. The van der Waals surface area contributed by atoms with Gasteiger partial charge in [-0.2, -0.15) is 0 Å². The summed E-state index contributed by atoms with van der Waals surface area (Å²) in [6.07, 6.45) is 4.19. The molecule has 0 rings (SSSR count). The molecule has 0 saturated carbocycles. The molecule has 0 bridgehead atoms. The van der Waals surface area contributed by atoms with E-state index in [4.69, 9.17) is 0 Å². The van der Waals surface area contributed by atoms with Gasteiger partial charge in [0.2, 0.25) is 0 Å². The molecule has 0 aromatic carbocycles. The molecule has 0 heterocycles. The number of rotatable bonds is 10. The third-order valence-electron chi connectivity index (χ3n) is 2.80. The van der Waals surface area contributed by atoms with E-state index in [1.807, 2.05) is 6.08 Å². The van der Waals surface area contributed by atoms with E-state index in [9.17, 15) is 0 Å². The number of guanidine groups is 1. The topological polar surface area (TPSA) is 39.7 Å². The van der Waals surface area contributed by atoms with Crippen molar-refractivity contribution in [3.05, 3.63) is 12.7 Å². The van der Waals surface area contributed by atoms with E-state index in [1.165, 1.54) is 13.0 Å². The van der Waals surface area contributed by atoms with Crippen LogP contribution in [0.4, 0.5) is 0 Å². The fourth-order valence-electron chi connectivity index (χ4n) is 1.69. The fraction of sp³-hybridized carbons (Fsp3) is 0.786. The highest BCUT2D eigenvalue weighted by Crippen LogP contribution is 1.95. The Labute approximate surface area is 113 Å². The minimum Gasteiger partial charge on any atom is -0.357 e. The predicted molar refractivity (Wildman–Crippen MR) is 81.2 cm³/mol. The lowest BCUT2D eigenvalue weighted by molar-refractivity contribution is 0.297. The van der Waals surface area contributed by atoms with Gasteiger partial charge in [0.15, 0.2) is 5.96 Å². The van der Waals surface area contributed by atoms with E-state index < -0.39 is 0 Å². The molecule has 106 valence electrons. The molecule has 0 aliphatic rings. The number of unbranched alkanes of at least 4 members (excludes halogenated alkanes) is 1. The van der Waals surface area contributed by atoms with Gasteiger partial charge in [-0.25, -0.2) is 0 Å². The first-order valence-corrected chi connectivity index (χ1v) is 7.13. The molecular weight excluding hydrogens is 224 g/mol. The maximum Gasteiger partial charge on any atom is 0.191 e. The molecule has 0 aliphatic heterocycles. The maximum absolute atomic E-state index is 4.53. The lowest BCUT2D eigenvalue weighted by Gasteiger charge is -2.17. The van der Waals surface area contributed by atoms with Crippen LogP contribution in [0.2, 0.25) is 0 Å². The van der Waals surface area contributed by atoms with Crippen LogP contribution in [0.15, 0.2) is 17.6 Å². The molecule has 0 aromatic heterocycles. The van der Waals surface area contributed by atoms with Crippen LogP contribution in [-0.2, 0) is 0 Å². The van der Waals surface area contributed by atoms with Crippen LogP contribution in [0, 0.1) is 0 Å². The lowest BCUT2D eigenvalue weighted by atomic mass is 10.3. The third kappa shape index (κ3) is 9.05. The van der Waals surface area contributed by atoms with E-state index in [0.717, 1.165) is 45.1 Å². The predicted octanol–water partition coefficient (Wildman–Crippen LogP) is 1.85. The monoisotopic (exact) mass is 254 g/mol. The van der Waals surface area contributed by atoms with E-state index in [1.54, 1.807) is 0 Å². The van der Waals surface area contributed by atoms with Crippen molar-refractivity contribution in [1.29, 1.82) is 0 Å². The molecule has 0 aromatic rings. The van der Waals surface area contributed by atoms with Crippen molar-refractivity contribution in [3.63, 3.8) is 0 Å². The fourth-order valence-corrected chi connectivity index (χ4v) is 1.69. The zero-order chi connectivity index (χ0) is 13.6. The number of nitrogens with zero attached hydrogens (tertiary/aromatic N) is 2. The summed E-state index contributed by atoms with van der Waals surface area (Å²) in [6.45, 7) is 16.2. The smallest absolute Gasteiger partial charge is 0.191 e. The largest absolute Gasteiger partial charge is 0.357 e. The molecule has 0 aliphatic carbocycles. The molecule has 0 spiro atoms. The lowest BCUT2D eigenvalue weighted by Crippen LogP contribution is -2.37. The molecule has 18 heavy (non-hydrogen) atoms. The second-order valence-corrected chi connectivity index (χ2v) is 4.16. The molecule has 0 radical (unpaired) electrons. The maximum atomic E-state index is 4.53. The van der Waals surface area contributed by atoms with Crippen LogP contribution in [0.1, 0.15) is 33.6 Å². The molecule has 0 saturated heterocycles. The standard InChI is InChI=1S/C14H30N4/c1-5-11-16-14(15-6-2)17-12-9-10-13-18(7-3)8-4/h5H,1,6-13H2,2-4H3,(H2,15,16,17). The third-order valence-corrected chi connectivity index (χ3v) is 2.80. The first-order valence-electron chi connectivity index (χ1n) is 7.13. The van der Waals surface area contributed by atoms with Gasteiger partial charge in [0.1, 0.15) is 0 Å². The number of hydrogen-bond acceptors (Lipinski definition) is 2. The van der Waals surface area contributed by atoms with Gasteiger partial charge in [-0.15, -0.1) is 6.58 Å². The van der Waals surface area contributed by atoms with E-state index in [2.05, 4.69) is 47.9 Å². The van der Waals surface area contributed by atoms with Crippen molar-refractivity contribution in [2.24, 2.45) is 4.99 Å². The highest BCUT2D eigenvalue weighted by molar-refractivity contribution is 5.79. The van der Waals surface area contributed by atoms with Gasteiger partial charge in [-0.3, -0.25) is 4.99 Å². The molecule has 2 N–H and O–H groups in total. The van der Waals surface area contributed by atoms with E-state index >= 15 is 0 Å². The Morgan fingerprint density at radius 2 is 1.89 bits per heavy atom. The summed E-state index contributed by atoms with van der Waals surface area (Å²) in [5.41, 5.74) is 0.